The van der Waals surface area contributed by atoms with E-state index in [1.807, 2.05) is 62.4 Å². The molecule has 0 aromatic heterocycles. The van der Waals surface area contributed by atoms with Crippen molar-refractivity contribution < 1.29 is 0 Å². The highest BCUT2D eigenvalue weighted by atomic mass is 15.0. The minimum Gasteiger partial charge on any atom is -0.402 e. The predicted molar refractivity (Wildman–Crippen MR) is 99.8 cm³/mol. The predicted octanol–water partition coefficient (Wildman–Crippen LogP) is 3.99. The van der Waals surface area contributed by atoms with E-state index in [0.29, 0.717) is 6.54 Å². The van der Waals surface area contributed by atoms with E-state index >= 15 is 0 Å². The summed E-state index contributed by atoms with van der Waals surface area (Å²) >= 11 is 0. The van der Waals surface area contributed by atoms with Gasteiger partial charge in [-0.3, -0.25) is 4.99 Å². The third kappa shape index (κ3) is 5.87. The number of aliphatic imine (C=N–C) groups is 1. The second-order valence-electron chi connectivity index (χ2n) is 5.29. The van der Waals surface area contributed by atoms with Crippen LogP contribution in [0.15, 0.2) is 71.4 Å². The fraction of sp³-hybridized carbons (Fsp3) is 0.211. The zero-order chi connectivity index (χ0) is 16.5. The molecule has 4 heteroatoms. The van der Waals surface area contributed by atoms with Crippen molar-refractivity contribution in [1.82, 2.24) is 0 Å². The fourth-order valence-corrected chi connectivity index (χ4v) is 2.13. The van der Waals surface area contributed by atoms with Gasteiger partial charge < -0.3 is 16.4 Å². The van der Waals surface area contributed by atoms with Crippen LogP contribution in [-0.2, 0) is 6.54 Å². The van der Waals surface area contributed by atoms with Crippen LogP contribution in [0.25, 0.3) is 0 Å². The number of anilines is 2. The van der Waals surface area contributed by atoms with Crippen LogP contribution in [0.5, 0.6) is 0 Å². The molecule has 0 fully saturated rings. The summed E-state index contributed by atoms with van der Waals surface area (Å²) in [6, 6.07) is 18.5. The van der Waals surface area contributed by atoms with Gasteiger partial charge in [0.25, 0.3) is 0 Å². The third-order valence-corrected chi connectivity index (χ3v) is 3.19. The van der Waals surface area contributed by atoms with E-state index in [1.165, 1.54) is 5.56 Å². The maximum absolute atomic E-state index is 5.73. The van der Waals surface area contributed by atoms with E-state index in [-0.39, 0.29) is 0 Å². The Morgan fingerprint density at radius 3 is 2.30 bits per heavy atom. The van der Waals surface area contributed by atoms with Crippen molar-refractivity contribution >= 4 is 17.2 Å². The molecule has 0 aliphatic rings. The molecule has 2 aromatic carbocycles. The van der Waals surface area contributed by atoms with Crippen molar-refractivity contribution in [2.24, 2.45) is 10.7 Å². The molecule has 0 spiro atoms. The summed E-state index contributed by atoms with van der Waals surface area (Å²) in [5, 5.41) is 6.69. The standard InChI is InChI=1S/C19H24N4/c1-3-21-19(13-15(2)20)23-18-11-9-17(10-12-18)22-14-16-7-5-4-6-8-16/h4-13,22H,3,14,20H2,1-2H3,(H,21,23)/b15-13+. The molecule has 23 heavy (non-hydrogen) atoms. The molecule has 4 nitrogen and oxygen atoms in total. The zero-order valence-corrected chi connectivity index (χ0v) is 13.7. The molecule has 0 bridgehead atoms. The van der Waals surface area contributed by atoms with Crippen molar-refractivity contribution in [2.75, 3.05) is 17.2 Å². The van der Waals surface area contributed by atoms with Crippen LogP contribution >= 0.6 is 0 Å². The summed E-state index contributed by atoms with van der Waals surface area (Å²) in [5.74, 6) is 0.775. The van der Waals surface area contributed by atoms with Crippen LogP contribution in [0, 0.1) is 0 Å². The molecule has 0 atom stereocenters. The van der Waals surface area contributed by atoms with Gasteiger partial charge >= 0.3 is 0 Å². The Morgan fingerprint density at radius 1 is 1.04 bits per heavy atom. The molecular formula is C19H24N4. The van der Waals surface area contributed by atoms with Crippen LogP contribution in [0.2, 0.25) is 0 Å². The normalized spacial score (nSPS) is 12.1. The maximum Gasteiger partial charge on any atom is 0.126 e. The quantitative estimate of drug-likeness (QED) is 0.558. The van der Waals surface area contributed by atoms with Gasteiger partial charge in [-0.25, -0.2) is 0 Å². The van der Waals surface area contributed by atoms with E-state index in [9.17, 15) is 0 Å². The first-order chi connectivity index (χ1) is 11.2. The SMILES string of the molecule is CCN=C(/C=C(\C)N)Nc1ccc(NCc2ccccc2)cc1. The van der Waals surface area contributed by atoms with E-state index in [1.54, 1.807) is 0 Å². The lowest BCUT2D eigenvalue weighted by atomic mass is 10.2. The first-order valence-corrected chi connectivity index (χ1v) is 7.80. The van der Waals surface area contributed by atoms with Crippen molar-refractivity contribution in [3.63, 3.8) is 0 Å². The fourth-order valence-electron chi connectivity index (χ4n) is 2.13. The monoisotopic (exact) mass is 308 g/mol. The molecule has 2 rings (SSSR count). The summed E-state index contributed by atoms with van der Waals surface area (Å²) < 4.78 is 0. The Bertz CT molecular complexity index is 654. The van der Waals surface area contributed by atoms with Gasteiger partial charge in [-0.1, -0.05) is 30.3 Å². The lowest BCUT2D eigenvalue weighted by Crippen LogP contribution is -2.12. The lowest BCUT2D eigenvalue weighted by Gasteiger charge is -2.10. The van der Waals surface area contributed by atoms with Gasteiger partial charge in [-0.15, -0.1) is 0 Å². The highest BCUT2D eigenvalue weighted by Crippen LogP contribution is 2.15. The number of nitrogens with zero attached hydrogens (tertiary/aromatic N) is 1. The molecule has 0 saturated carbocycles. The minimum absolute atomic E-state index is 0.711. The second kappa shape index (κ2) is 8.63. The van der Waals surface area contributed by atoms with Crippen LogP contribution in [0.1, 0.15) is 19.4 Å². The Morgan fingerprint density at radius 2 is 1.70 bits per heavy atom. The van der Waals surface area contributed by atoms with Crippen LogP contribution in [-0.4, -0.2) is 12.4 Å². The highest BCUT2D eigenvalue weighted by Gasteiger charge is 1.98. The molecule has 0 radical (unpaired) electrons. The second-order valence-corrected chi connectivity index (χ2v) is 5.29. The van der Waals surface area contributed by atoms with Gasteiger partial charge in [0.15, 0.2) is 0 Å². The molecule has 2 aromatic rings. The van der Waals surface area contributed by atoms with Gasteiger partial charge in [-0.05, 0) is 49.8 Å². The van der Waals surface area contributed by atoms with E-state index in [0.717, 1.165) is 29.5 Å². The molecule has 0 aliphatic heterocycles. The zero-order valence-electron chi connectivity index (χ0n) is 13.7. The van der Waals surface area contributed by atoms with Crippen molar-refractivity contribution in [1.29, 1.82) is 0 Å². The number of amidine groups is 1. The Hall–Kier alpha value is -2.75. The first kappa shape index (κ1) is 16.6. The molecule has 0 amide bonds. The average Bonchev–Trinajstić information content (AvgIpc) is 2.55. The summed E-state index contributed by atoms with van der Waals surface area (Å²) in [5.41, 5.74) is 9.78. The molecule has 4 N–H and O–H groups in total. The van der Waals surface area contributed by atoms with Crippen LogP contribution in [0.3, 0.4) is 0 Å². The summed E-state index contributed by atoms with van der Waals surface area (Å²) in [6.45, 7) is 5.37. The summed E-state index contributed by atoms with van der Waals surface area (Å²) in [6.07, 6.45) is 1.84. The number of hydrogen-bond donors (Lipinski definition) is 3. The highest BCUT2D eigenvalue weighted by molar-refractivity contribution is 6.04. The molecule has 0 unspecified atom stereocenters. The number of nitrogens with two attached hydrogens (primary N) is 1. The van der Waals surface area contributed by atoms with Gasteiger partial charge in [0.2, 0.25) is 0 Å². The van der Waals surface area contributed by atoms with E-state index in [2.05, 4.69) is 27.8 Å². The van der Waals surface area contributed by atoms with Crippen LogP contribution in [0.4, 0.5) is 11.4 Å². The van der Waals surface area contributed by atoms with Gasteiger partial charge in [-0.2, -0.15) is 0 Å². The summed E-state index contributed by atoms with van der Waals surface area (Å²) in [4.78, 5) is 4.39. The van der Waals surface area contributed by atoms with Crippen molar-refractivity contribution in [3.05, 3.63) is 71.9 Å². The number of nitrogens with one attached hydrogen (secondary N) is 2. The Kier molecular flexibility index (Phi) is 6.24. The Balaban J connectivity index is 1.96. The third-order valence-electron chi connectivity index (χ3n) is 3.19. The topological polar surface area (TPSA) is 62.4 Å². The van der Waals surface area contributed by atoms with Crippen molar-refractivity contribution in [2.45, 2.75) is 20.4 Å². The minimum atomic E-state index is 0.711. The number of allylic oxidation sites excluding steroid dienone is 1. The van der Waals surface area contributed by atoms with Crippen molar-refractivity contribution in [3.8, 4) is 0 Å². The molecule has 0 heterocycles. The molecular weight excluding hydrogens is 284 g/mol. The lowest BCUT2D eigenvalue weighted by molar-refractivity contribution is 1.13. The maximum atomic E-state index is 5.73. The van der Waals surface area contributed by atoms with Gasteiger partial charge in [0.1, 0.15) is 5.84 Å². The molecule has 0 saturated heterocycles. The van der Waals surface area contributed by atoms with E-state index < -0.39 is 0 Å². The first-order valence-electron chi connectivity index (χ1n) is 7.80. The Labute approximate surface area is 138 Å². The van der Waals surface area contributed by atoms with Gasteiger partial charge in [0, 0.05) is 30.2 Å². The average molecular weight is 308 g/mol. The summed E-state index contributed by atoms with van der Waals surface area (Å²) in [7, 11) is 0. The van der Waals surface area contributed by atoms with Crippen LogP contribution < -0.4 is 16.4 Å². The largest absolute Gasteiger partial charge is 0.402 e. The molecule has 0 aliphatic carbocycles. The van der Waals surface area contributed by atoms with Gasteiger partial charge in [0.05, 0.1) is 0 Å². The van der Waals surface area contributed by atoms with E-state index in [4.69, 9.17) is 5.73 Å². The number of hydrogen-bond acceptors (Lipinski definition) is 3. The smallest absolute Gasteiger partial charge is 0.126 e. The molecule has 120 valence electrons. The number of rotatable bonds is 6. The number of benzene rings is 2.